The van der Waals surface area contributed by atoms with Gasteiger partial charge in [0.15, 0.2) is 0 Å². The Kier molecular flexibility index (Phi) is 3.44. The summed E-state index contributed by atoms with van der Waals surface area (Å²) >= 11 is 0. The SMILES string of the molecule is CC(O)CCNc1ccc(N)c2ccncc12. The first-order chi connectivity index (χ1) is 8.18. The van der Waals surface area contributed by atoms with Gasteiger partial charge in [-0.1, -0.05) is 0 Å². The lowest BCUT2D eigenvalue weighted by Crippen LogP contribution is -2.10. The molecule has 0 radical (unpaired) electrons. The molecule has 2 aromatic rings. The molecule has 0 fully saturated rings. The molecule has 90 valence electrons. The van der Waals surface area contributed by atoms with E-state index < -0.39 is 0 Å². The van der Waals surface area contributed by atoms with E-state index >= 15 is 0 Å². The minimum atomic E-state index is -0.291. The van der Waals surface area contributed by atoms with Crippen molar-refractivity contribution in [2.24, 2.45) is 0 Å². The Labute approximate surface area is 100 Å². The van der Waals surface area contributed by atoms with Crippen LogP contribution >= 0.6 is 0 Å². The van der Waals surface area contributed by atoms with E-state index in [9.17, 15) is 5.11 Å². The molecule has 1 unspecified atom stereocenters. The number of hydrogen-bond donors (Lipinski definition) is 3. The van der Waals surface area contributed by atoms with Gasteiger partial charge in [0, 0.05) is 41.1 Å². The molecular weight excluding hydrogens is 214 g/mol. The predicted octanol–water partition coefficient (Wildman–Crippen LogP) is 2.00. The van der Waals surface area contributed by atoms with E-state index in [1.165, 1.54) is 0 Å². The number of anilines is 2. The van der Waals surface area contributed by atoms with Crippen LogP contribution in [0.4, 0.5) is 11.4 Å². The van der Waals surface area contributed by atoms with Gasteiger partial charge >= 0.3 is 0 Å². The fraction of sp³-hybridized carbons (Fsp3) is 0.308. The maximum Gasteiger partial charge on any atom is 0.0528 e. The molecule has 1 aromatic carbocycles. The van der Waals surface area contributed by atoms with E-state index in [1.54, 1.807) is 19.3 Å². The normalized spacial score (nSPS) is 12.6. The number of aromatic nitrogens is 1. The lowest BCUT2D eigenvalue weighted by Gasteiger charge is -2.11. The Morgan fingerprint density at radius 3 is 2.94 bits per heavy atom. The summed E-state index contributed by atoms with van der Waals surface area (Å²) in [6, 6.07) is 5.74. The summed E-state index contributed by atoms with van der Waals surface area (Å²) in [4.78, 5) is 4.11. The first-order valence-electron chi connectivity index (χ1n) is 5.72. The van der Waals surface area contributed by atoms with Crippen molar-refractivity contribution >= 4 is 22.1 Å². The van der Waals surface area contributed by atoms with Gasteiger partial charge in [0.2, 0.25) is 0 Å². The third-order valence-corrected chi connectivity index (χ3v) is 2.73. The van der Waals surface area contributed by atoms with Gasteiger partial charge in [-0.3, -0.25) is 4.98 Å². The molecule has 0 bridgehead atoms. The van der Waals surface area contributed by atoms with Gasteiger partial charge in [-0.25, -0.2) is 0 Å². The van der Waals surface area contributed by atoms with Crippen molar-refractivity contribution in [1.82, 2.24) is 4.98 Å². The Morgan fingerprint density at radius 1 is 1.35 bits per heavy atom. The fourth-order valence-electron chi connectivity index (χ4n) is 1.78. The lowest BCUT2D eigenvalue weighted by atomic mass is 10.1. The van der Waals surface area contributed by atoms with Gasteiger partial charge in [0.1, 0.15) is 0 Å². The molecule has 17 heavy (non-hydrogen) atoms. The van der Waals surface area contributed by atoms with Crippen molar-refractivity contribution in [3.8, 4) is 0 Å². The molecule has 0 aliphatic rings. The summed E-state index contributed by atoms with van der Waals surface area (Å²) in [5.74, 6) is 0. The van der Waals surface area contributed by atoms with E-state index in [2.05, 4.69) is 10.3 Å². The number of rotatable bonds is 4. The molecule has 0 aliphatic carbocycles. The fourth-order valence-corrected chi connectivity index (χ4v) is 1.78. The number of nitrogens with one attached hydrogen (secondary N) is 1. The zero-order chi connectivity index (χ0) is 12.3. The first-order valence-corrected chi connectivity index (χ1v) is 5.72. The maximum absolute atomic E-state index is 9.22. The molecule has 2 rings (SSSR count). The van der Waals surface area contributed by atoms with Crippen LogP contribution in [-0.4, -0.2) is 22.7 Å². The van der Waals surface area contributed by atoms with Crippen LogP contribution in [0.15, 0.2) is 30.6 Å². The molecule has 1 heterocycles. The predicted molar refractivity (Wildman–Crippen MR) is 70.9 cm³/mol. The maximum atomic E-state index is 9.22. The van der Waals surface area contributed by atoms with Gasteiger partial charge in [-0.2, -0.15) is 0 Å². The van der Waals surface area contributed by atoms with Gasteiger partial charge in [-0.05, 0) is 31.5 Å². The minimum absolute atomic E-state index is 0.291. The number of nitrogens with zero attached hydrogens (tertiary/aromatic N) is 1. The molecule has 1 aromatic heterocycles. The average molecular weight is 231 g/mol. The molecule has 0 aliphatic heterocycles. The number of nitrogens with two attached hydrogens (primary N) is 1. The quantitative estimate of drug-likeness (QED) is 0.704. The van der Waals surface area contributed by atoms with Crippen LogP contribution in [0.2, 0.25) is 0 Å². The number of aliphatic hydroxyl groups is 1. The average Bonchev–Trinajstić information content (AvgIpc) is 2.32. The summed E-state index contributed by atoms with van der Waals surface area (Å²) in [6.45, 7) is 2.51. The van der Waals surface area contributed by atoms with E-state index in [4.69, 9.17) is 5.73 Å². The summed E-state index contributed by atoms with van der Waals surface area (Å²) in [5.41, 5.74) is 7.66. The highest BCUT2D eigenvalue weighted by Gasteiger charge is 2.04. The van der Waals surface area contributed by atoms with E-state index in [-0.39, 0.29) is 6.10 Å². The summed E-state index contributed by atoms with van der Waals surface area (Å²) in [7, 11) is 0. The minimum Gasteiger partial charge on any atom is -0.398 e. The van der Waals surface area contributed by atoms with Gasteiger partial charge in [-0.15, -0.1) is 0 Å². The van der Waals surface area contributed by atoms with Crippen LogP contribution in [0, 0.1) is 0 Å². The zero-order valence-electron chi connectivity index (χ0n) is 9.85. The van der Waals surface area contributed by atoms with Gasteiger partial charge in [0.25, 0.3) is 0 Å². The van der Waals surface area contributed by atoms with E-state index in [0.717, 1.165) is 28.7 Å². The Morgan fingerprint density at radius 2 is 2.18 bits per heavy atom. The van der Waals surface area contributed by atoms with Crippen molar-refractivity contribution in [2.45, 2.75) is 19.4 Å². The Balaban J connectivity index is 2.26. The molecular formula is C13H17N3O. The van der Waals surface area contributed by atoms with Gasteiger partial charge in [0.05, 0.1) is 6.10 Å². The van der Waals surface area contributed by atoms with Crippen molar-refractivity contribution in [2.75, 3.05) is 17.6 Å². The molecule has 4 heteroatoms. The molecule has 1 atom stereocenters. The highest BCUT2D eigenvalue weighted by molar-refractivity contribution is 6.00. The van der Waals surface area contributed by atoms with Crippen LogP contribution < -0.4 is 11.1 Å². The summed E-state index contributed by atoms with van der Waals surface area (Å²) in [6.07, 6.45) is 3.96. The number of pyridine rings is 1. The van der Waals surface area contributed by atoms with Crippen LogP contribution in [-0.2, 0) is 0 Å². The highest BCUT2D eigenvalue weighted by Crippen LogP contribution is 2.27. The smallest absolute Gasteiger partial charge is 0.0528 e. The zero-order valence-corrected chi connectivity index (χ0v) is 9.85. The molecule has 4 nitrogen and oxygen atoms in total. The van der Waals surface area contributed by atoms with Gasteiger partial charge < -0.3 is 16.2 Å². The number of fused-ring (bicyclic) bond motifs is 1. The molecule has 4 N–H and O–H groups in total. The molecule has 0 saturated heterocycles. The Hall–Kier alpha value is -1.81. The third kappa shape index (κ3) is 2.65. The second-order valence-electron chi connectivity index (χ2n) is 4.19. The number of nitrogen functional groups attached to an aromatic ring is 1. The van der Waals surface area contributed by atoms with Crippen molar-refractivity contribution in [3.63, 3.8) is 0 Å². The molecule has 0 amide bonds. The van der Waals surface area contributed by atoms with Crippen LogP contribution in [0.5, 0.6) is 0 Å². The second-order valence-corrected chi connectivity index (χ2v) is 4.19. The Bertz CT molecular complexity index is 511. The monoisotopic (exact) mass is 231 g/mol. The van der Waals surface area contributed by atoms with Crippen molar-refractivity contribution in [1.29, 1.82) is 0 Å². The van der Waals surface area contributed by atoms with Crippen LogP contribution in [0.3, 0.4) is 0 Å². The summed E-state index contributed by atoms with van der Waals surface area (Å²) < 4.78 is 0. The topological polar surface area (TPSA) is 71.2 Å². The number of aliphatic hydroxyl groups excluding tert-OH is 1. The largest absolute Gasteiger partial charge is 0.398 e. The second kappa shape index (κ2) is 5.01. The first kappa shape index (κ1) is 11.7. The van der Waals surface area contributed by atoms with E-state index in [1.807, 2.05) is 18.2 Å². The van der Waals surface area contributed by atoms with Crippen molar-refractivity contribution in [3.05, 3.63) is 30.6 Å². The molecule has 0 spiro atoms. The standard InChI is InChI=1S/C13H17N3O/c1-9(17)4-7-16-13-3-2-12(14)10-5-6-15-8-11(10)13/h2-3,5-6,8-9,16-17H,4,7,14H2,1H3. The highest BCUT2D eigenvalue weighted by atomic mass is 16.3. The number of benzene rings is 1. The molecule has 0 saturated carbocycles. The van der Waals surface area contributed by atoms with E-state index in [0.29, 0.717) is 6.42 Å². The number of hydrogen-bond acceptors (Lipinski definition) is 4. The lowest BCUT2D eigenvalue weighted by molar-refractivity contribution is 0.189. The van der Waals surface area contributed by atoms with Crippen LogP contribution in [0.25, 0.3) is 10.8 Å². The summed E-state index contributed by atoms with van der Waals surface area (Å²) in [5, 5.41) is 14.5. The third-order valence-electron chi connectivity index (χ3n) is 2.73. The van der Waals surface area contributed by atoms with Crippen LogP contribution in [0.1, 0.15) is 13.3 Å². The van der Waals surface area contributed by atoms with Crippen molar-refractivity contribution < 1.29 is 5.11 Å².